The van der Waals surface area contributed by atoms with Gasteiger partial charge in [-0.25, -0.2) is 9.48 Å². The van der Waals surface area contributed by atoms with E-state index in [0.717, 1.165) is 43.1 Å². The number of likely N-dealkylation sites (tertiary alicyclic amines) is 1. The number of halogens is 2. The molecule has 2 aromatic rings. The van der Waals surface area contributed by atoms with Crippen LogP contribution in [0.4, 0.5) is 10.6 Å². The maximum atomic E-state index is 12.3. The molecule has 1 aromatic heterocycles. The van der Waals surface area contributed by atoms with Gasteiger partial charge in [-0.2, -0.15) is 0 Å². The molecule has 3 heterocycles. The van der Waals surface area contributed by atoms with Gasteiger partial charge in [0.15, 0.2) is 5.82 Å². The van der Waals surface area contributed by atoms with Gasteiger partial charge in [-0.05, 0) is 45.4 Å². The Hall–Kier alpha value is -2.03. The highest BCUT2D eigenvalue weighted by Gasteiger charge is 2.40. The maximum absolute atomic E-state index is 12.3. The van der Waals surface area contributed by atoms with Crippen molar-refractivity contribution in [2.75, 3.05) is 32.0 Å². The van der Waals surface area contributed by atoms with Crippen molar-refractivity contribution >= 4 is 35.1 Å². The number of hydrogen-bond donors (Lipinski definition) is 1. The van der Waals surface area contributed by atoms with E-state index in [1.807, 2.05) is 44.6 Å². The summed E-state index contributed by atoms with van der Waals surface area (Å²) in [4.78, 5) is 16.4. The van der Waals surface area contributed by atoms with Crippen LogP contribution < -0.4 is 5.32 Å². The van der Waals surface area contributed by atoms with Crippen molar-refractivity contribution in [2.45, 2.75) is 57.8 Å². The average molecular weight is 481 g/mol. The first-order chi connectivity index (χ1) is 15.0. The predicted molar refractivity (Wildman–Crippen MR) is 126 cm³/mol. The number of ether oxygens (including phenoxy) is 1. The summed E-state index contributed by atoms with van der Waals surface area (Å²) >= 11 is 12.5. The topological polar surface area (TPSA) is 75.5 Å². The molecule has 1 aromatic carbocycles. The second kappa shape index (κ2) is 8.72. The summed E-state index contributed by atoms with van der Waals surface area (Å²) < 4.78 is 7.43. The zero-order chi connectivity index (χ0) is 23.2. The van der Waals surface area contributed by atoms with Gasteiger partial charge < -0.3 is 15.0 Å². The molecule has 1 amide bonds. The van der Waals surface area contributed by atoms with Crippen LogP contribution >= 0.6 is 23.2 Å². The van der Waals surface area contributed by atoms with Gasteiger partial charge in [0.05, 0.1) is 17.8 Å². The van der Waals surface area contributed by atoms with Crippen molar-refractivity contribution in [1.82, 2.24) is 24.8 Å². The fraction of sp³-hybridized carbons (Fsp3) is 0.591. The molecule has 1 fully saturated rings. The van der Waals surface area contributed by atoms with Crippen LogP contribution in [0.25, 0.3) is 0 Å². The number of carbonyl (C=O) groups is 1. The molecule has 1 saturated heterocycles. The molecular formula is C22H30Cl2N6O2. The second-order valence-electron chi connectivity index (χ2n) is 9.61. The number of rotatable bonds is 4. The summed E-state index contributed by atoms with van der Waals surface area (Å²) in [7, 11) is 1.81. The molecular weight excluding hydrogens is 451 g/mol. The molecule has 32 heavy (non-hydrogen) atoms. The number of benzene rings is 1. The van der Waals surface area contributed by atoms with Crippen LogP contribution in [-0.4, -0.2) is 75.3 Å². The monoisotopic (exact) mass is 480 g/mol. The minimum absolute atomic E-state index is 0.0704. The Bertz CT molecular complexity index is 999. The van der Waals surface area contributed by atoms with Crippen LogP contribution in [-0.2, 0) is 11.2 Å². The van der Waals surface area contributed by atoms with Crippen molar-refractivity contribution in [2.24, 2.45) is 0 Å². The van der Waals surface area contributed by atoms with Crippen molar-refractivity contribution < 1.29 is 9.53 Å². The molecule has 0 aliphatic carbocycles. The molecule has 0 bridgehead atoms. The SMILES string of the molecule is CC(c1ccc(Cl)cc1Cl)n1nnc2c1C[C@@H](N1CC(N(C)C(=O)OC(C)(C)C)C1)CN2. The minimum atomic E-state index is -0.493. The summed E-state index contributed by atoms with van der Waals surface area (Å²) in [6.45, 7) is 10.1. The summed E-state index contributed by atoms with van der Waals surface area (Å²) in [5, 5.41) is 13.4. The molecule has 174 valence electrons. The third-order valence-corrected chi connectivity index (χ3v) is 6.70. The van der Waals surface area contributed by atoms with Crippen molar-refractivity contribution in [1.29, 1.82) is 0 Å². The predicted octanol–water partition coefficient (Wildman–Crippen LogP) is 4.08. The summed E-state index contributed by atoms with van der Waals surface area (Å²) in [6, 6.07) is 5.91. The summed E-state index contributed by atoms with van der Waals surface area (Å²) in [6.07, 6.45) is 0.551. The van der Waals surface area contributed by atoms with Gasteiger partial charge in [-0.1, -0.05) is 34.5 Å². The third kappa shape index (κ3) is 4.67. The number of fused-ring (bicyclic) bond motifs is 1. The lowest BCUT2D eigenvalue weighted by atomic mass is 9.98. The number of nitrogens with zero attached hydrogens (tertiary/aromatic N) is 5. The van der Waals surface area contributed by atoms with E-state index in [-0.39, 0.29) is 18.2 Å². The van der Waals surface area contributed by atoms with E-state index in [1.165, 1.54) is 0 Å². The van der Waals surface area contributed by atoms with Crippen LogP contribution in [0.5, 0.6) is 0 Å². The Labute approximate surface area is 198 Å². The van der Waals surface area contributed by atoms with Crippen LogP contribution in [0.15, 0.2) is 18.2 Å². The first-order valence-corrected chi connectivity index (χ1v) is 11.6. The van der Waals surface area contributed by atoms with Crippen molar-refractivity contribution in [3.63, 3.8) is 0 Å². The quantitative estimate of drug-likeness (QED) is 0.710. The molecule has 4 rings (SSSR count). The minimum Gasteiger partial charge on any atom is -0.444 e. The largest absolute Gasteiger partial charge is 0.444 e. The number of aromatic nitrogens is 3. The fourth-order valence-electron chi connectivity index (χ4n) is 4.21. The van der Waals surface area contributed by atoms with E-state index in [0.29, 0.717) is 16.1 Å². The molecule has 2 aliphatic heterocycles. The van der Waals surface area contributed by atoms with E-state index in [4.69, 9.17) is 27.9 Å². The number of hydrogen-bond acceptors (Lipinski definition) is 6. The molecule has 0 spiro atoms. The molecule has 0 radical (unpaired) electrons. The standard InChI is InChI=1S/C22H30Cl2N6O2/c1-13(17-7-6-14(23)8-18(17)24)30-19-9-15(10-25-20(19)26-27-30)29-11-16(12-29)28(5)21(31)32-22(2,3)4/h6-8,13,15-16,25H,9-12H2,1-5H3/t13?,15-/m1/s1. The van der Waals surface area contributed by atoms with Crippen LogP contribution in [0.2, 0.25) is 10.0 Å². The van der Waals surface area contributed by atoms with Crippen LogP contribution in [0.3, 0.4) is 0 Å². The third-order valence-electron chi connectivity index (χ3n) is 6.14. The molecule has 2 aliphatic rings. The number of carbonyl (C=O) groups excluding carboxylic acids is 1. The first kappa shape index (κ1) is 23.1. The van der Waals surface area contributed by atoms with Gasteiger partial charge in [0.25, 0.3) is 0 Å². The zero-order valence-electron chi connectivity index (χ0n) is 19.1. The summed E-state index contributed by atoms with van der Waals surface area (Å²) in [5.74, 6) is 0.820. The van der Waals surface area contributed by atoms with Crippen LogP contribution in [0.1, 0.15) is 45.0 Å². The maximum Gasteiger partial charge on any atom is 0.410 e. The lowest BCUT2D eigenvalue weighted by Crippen LogP contribution is -2.64. The lowest BCUT2D eigenvalue weighted by Gasteiger charge is -2.48. The highest BCUT2D eigenvalue weighted by molar-refractivity contribution is 6.35. The summed E-state index contributed by atoms with van der Waals surface area (Å²) in [5.41, 5.74) is 1.52. The number of nitrogens with one attached hydrogen (secondary N) is 1. The first-order valence-electron chi connectivity index (χ1n) is 10.9. The zero-order valence-corrected chi connectivity index (χ0v) is 20.6. The van der Waals surface area contributed by atoms with E-state index < -0.39 is 5.60 Å². The number of anilines is 1. The van der Waals surface area contributed by atoms with E-state index >= 15 is 0 Å². The molecule has 1 unspecified atom stereocenters. The number of likely N-dealkylation sites (N-methyl/N-ethyl adjacent to an activating group) is 1. The van der Waals surface area contributed by atoms with Gasteiger partial charge in [0.1, 0.15) is 5.60 Å². The van der Waals surface area contributed by atoms with Gasteiger partial charge in [-0.3, -0.25) is 4.90 Å². The molecule has 8 nitrogen and oxygen atoms in total. The van der Waals surface area contributed by atoms with Gasteiger partial charge in [-0.15, -0.1) is 5.10 Å². The van der Waals surface area contributed by atoms with Gasteiger partial charge in [0.2, 0.25) is 0 Å². The average Bonchev–Trinajstić information content (AvgIpc) is 3.08. The molecule has 1 N–H and O–H groups in total. The van der Waals surface area contributed by atoms with Crippen LogP contribution in [0, 0.1) is 0 Å². The Balaban J connectivity index is 1.41. The van der Waals surface area contributed by atoms with Gasteiger partial charge >= 0.3 is 6.09 Å². The second-order valence-corrected chi connectivity index (χ2v) is 10.5. The van der Waals surface area contributed by atoms with E-state index in [9.17, 15) is 4.79 Å². The highest BCUT2D eigenvalue weighted by Crippen LogP contribution is 2.32. The van der Waals surface area contributed by atoms with E-state index in [2.05, 4.69) is 27.5 Å². The normalized spacial score (nSPS) is 20.2. The van der Waals surface area contributed by atoms with Crippen molar-refractivity contribution in [3.05, 3.63) is 39.5 Å². The Morgan fingerprint density at radius 2 is 2.03 bits per heavy atom. The number of amides is 1. The molecule has 0 saturated carbocycles. The van der Waals surface area contributed by atoms with Gasteiger partial charge in [0, 0.05) is 49.2 Å². The highest BCUT2D eigenvalue weighted by atomic mass is 35.5. The Morgan fingerprint density at radius 1 is 1.31 bits per heavy atom. The Kier molecular flexibility index (Phi) is 6.31. The molecule has 2 atom stereocenters. The smallest absolute Gasteiger partial charge is 0.410 e. The lowest BCUT2D eigenvalue weighted by molar-refractivity contribution is -0.0145. The van der Waals surface area contributed by atoms with E-state index in [1.54, 1.807) is 11.0 Å². The Morgan fingerprint density at radius 3 is 2.69 bits per heavy atom. The molecule has 10 heteroatoms. The van der Waals surface area contributed by atoms with Crippen molar-refractivity contribution in [3.8, 4) is 0 Å². The fourth-order valence-corrected chi connectivity index (χ4v) is 4.77.